The molecule has 0 bridgehead atoms. The fourth-order valence-electron chi connectivity index (χ4n) is 1.52. The van der Waals surface area contributed by atoms with Gasteiger partial charge in [-0.05, 0) is 27.7 Å². The highest BCUT2D eigenvalue weighted by Gasteiger charge is 2.13. The van der Waals surface area contributed by atoms with E-state index in [2.05, 4.69) is 15.1 Å². The van der Waals surface area contributed by atoms with Crippen molar-refractivity contribution in [3.8, 4) is 5.95 Å². The summed E-state index contributed by atoms with van der Waals surface area (Å²) in [5.41, 5.74) is 8.74. The second-order valence-electron chi connectivity index (χ2n) is 4.11. The van der Waals surface area contributed by atoms with E-state index in [0.29, 0.717) is 23.0 Å². The molecule has 0 aromatic carbocycles. The van der Waals surface area contributed by atoms with E-state index in [-0.39, 0.29) is 5.56 Å². The van der Waals surface area contributed by atoms with Crippen molar-refractivity contribution < 1.29 is 0 Å². The summed E-state index contributed by atoms with van der Waals surface area (Å²) in [5, 5.41) is 4.25. The molecule has 2 aromatic heterocycles. The average Bonchev–Trinajstić information content (AvgIpc) is 2.53. The molecule has 0 atom stereocenters. The molecule has 0 saturated carbocycles. The second kappa shape index (κ2) is 3.73. The van der Waals surface area contributed by atoms with Crippen LogP contribution in [0.4, 0.5) is 5.82 Å². The van der Waals surface area contributed by atoms with Crippen LogP contribution in [0.25, 0.3) is 5.95 Å². The summed E-state index contributed by atoms with van der Waals surface area (Å²) >= 11 is 0. The molecule has 90 valence electrons. The second-order valence-corrected chi connectivity index (χ2v) is 4.11. The number of anilines is 1. The summed E-state index contributed by atoms with van der Waals surface area (Å²) in [5.74, 6) is 0.848. The zero-order valence-corrected chi connectivity index (χ0v) is 10.3. The first-order chi connectivity index (χ1) is 7.91. The molecule has 3 N–H and O–H groups in total. The summed E-state index contributed by atoms with van der Waals surface area (Å²) in [6.07, 6.45) is 0. The van der Waals surface area contributed by atoms with E-state index in [9.17, 15) is 4.79 Å². The van der Waals surface area contributed by atoms with Crippen LogP contribution in [0.3, 0.4) is 0 Å². The first kappa shape index (κ1) is 11.4. The van der Waals surface area contributed by atoms with Gasteiger partial charge in [-0.25, -0.2) is 4.98 Å². The number of H-pyrrole nitrogens is 1. The van der Waals surface area contributed by atoms with Gasteiger partial charge in [0, 0.05) is 16.8 Å². The maximum Gasteiger partial charge on any atom is 0.255 e. The number of hydrogen-bond donors (Lipinski definition) is 2. The number of nitrogens with two attached hydrogens (primary N) is 1. The predicted octanol–water partition coefficient (Wildman–Crippen LogP) is 0.771. The van der Waals surface area contributed by atoms with E-state index >= 15 is 0 Å². The molecule has 0 radical (unpaired) electrons. The number of aryl methyl sites for hydroxylation is 2. The first-order valence-electron chi connectivity index (χ1n) is 5.31. The van der Waals surface area contributed by atoms with Gasteiger partial charge in [0.1, 0.15) is 5.82 Å². The van der Waals surface area contributed by atoms with Gasteiger partial charge in [-0.2, -0.15) is 9.78 Å². The van der Waals surface area contributed by atoms with E-state index in [1.165, 1.54) is 4.68 Å². The van der Waals surface area contributed by atoms with E-state index in [1.807, 2.05) is 13.8 Å². The minimum Gasteiger partial charge on any atom is -0.383 e. The lowest BCUT2D eigenvalue weighted by Gasteiger charge is -2.05. The molecule has 0 saturated heterocycles. The van der Waals surface area contributed by atoms with Crippen LogP contribution < -0.4 is 11.3 Å². The molecule has 6 nitrogen and oxygen atoms in total. The van der Waals surface area contributed by atoms with Crippen LogP contribution in [-0.2, 0) is 0 Å². The van der Waals surface area contributed by atoms with E-state index in [1.54, 1.807) is 13.8 Å². The van der Waals surface area contributed by atoms with Crippen molar-refractivity contribution >= 4 is 5.82 Å². The third-order valence-electron chi connectivity index (χ3n) is 2.99. The molecule has 2 aromatic rings. The zero-order valence-electron chi connectivity index (χ0n) is 10.3. The lowest BCUT2D eigenvalue weighted by atomic mass is 10.3. The molecule has 0 spiro atoms. The van der Waals surface area contributed by atoms with Gasteiger partial charge in [0.15, 0.2) is 0 Å². The van der Waals surface area contributed by atoms with Crippen LogP contribution in [-0.4, -0.2) is 19.7 Å². The highest BCUT2D eigenvalue weighted by Crippen LogP contribution is 2.16. The Hall–Kier alpha value is -2.11. The molecule has 0 aliphatic carbocycles. The van der Waals surface area contributed by atoms with Crippen molar-refractivity contribution in [3.05, 3.63) is 32.9 Å². The van der Waals surface area contributed by atoms with Crippen LogP contribution >= 0.6 is 0 Å². The fraction of sp³-hybridized carbons (Fsp3) is 0.364. The number of nitrogens with zero attached hydrogens (tertiary/aromatic N) is 3. The molecule has 0 unspecified atom stereocenters. The summed E-state index contributed by atoms with van der Waals surface area (Å²) < 4.78 is 1.46. The molecule has 0 aliphatic rings. The van der Waals surface area contributed by atoms with Crippen molar-refractivity contribution in [1.82, 2.24) is 19.7 Å². The Morgan fingerprint density at radius 1 is 1.12 bits per heavy atom. The number of nitrogen functional groups attached to an aromatic ring is 1. The maximum atomic E-state index is 11.7. The lowest BCUT2D eigenvalue weighted by Crippen LogP contribution is -2.18. The monoisotopic (exact) mass is 233 g/mol. The van der Waals surface area contributed by atoms with Crippen molar-refractivity contribution in [1.29, 1.82) is 0 Å². The fourth-order valence-corrected chi connectivity index (χ4v) is 1.52. The largest absolute Gasteiger partial charge is 0.383 e. The number of aromatic amines is 1. The molecule has 6 heteroatoms. The minimum absolute atomic E-state index is 0.169. The molecule has 0 amide bonds. The maximum absolute atomic E-state index is 11.7. The zero-order chi connectivity index (χ0) is 12.7. The standard InChI is InChI=1S/C11H15N5O/c1-5-8(4)15-16(9(5)12)11-13-7(3)6(2)10(17)14-11/h12H2,1-4H3,(H,13,14,17). The third kappa shape index (κ3) is 1.71. The molecule has 17 heavy (non-hydrogen) atoms. The van der Waals surface area contributed by atoms with Crippen LogP contribution in [0.2, 0.25) is 0 Å². The highest BCUT2D eigenvalue weighted by molar-refractivity contribution is 5.45. The Bertz CT molecular complexity index is 638. The minimum atomic E-state index is -0.169. The smallest absolute Gasteiger partial charge is 0.255 e. The molecular formula is C11H15N5O. The molecule has 0 fully saturated rings. The van der Waals surface area contributed by atoms with Crippen molar-refractivity contribution in [2.45, 2.75) is 27.7 Å². The SMILES string of the molecule is Cc1nn(-c2nc(C)c(C)c(=O)[nH]2)c(N)c1C. The van der Waals surface area contributed by atoms with Crippen molar-refractivity contribution in [3.63, 3.8) is 0 Å². The van der Waals surface area contributed by atoms with Gasteiger partial charge in [-0.1, -0.05) is 0 Å². The normalized spacial score (nSPS) is 10.8. The van der Waals surface area contributed by atoms with Crippen LogP contribution in [0.5, 0.6) is 0 Å². The van der Waals surface area contributed by atoms with Gasteiger partial charge >= 0.3 is 0 Å². The Labute approximate surface area is 98.5 Å². The molecule has 2 rings (SSSR count). The number of rotatable bonds is 1. The van der Waals surface area contributed by atoms with Gasteiger partial charge in [-0.15, -0.1) is 0 Å². The van der Waals surface area contributed by atoms with Gasteiger partial charge in [0.25, 0.3) is 5.56 Å². The van der Waals surface area contributed by atoms with E-state index < -0.39 is 0 Å². The van der Waals surface area contributed by atoms with Crippen LogP contribution in [0, 0.1) is 27.7 Å². The van der Waals surface area contributed by atoms with Crippen LogP contribution in [0.1, 0.15) is 22.5 Å². The van der Waals surface area contributed by atoms with E-state index in [4.69, 9.17) is 5.73 Å². The van der Waals surface area contributed by atoms with E-state index in [0.717, 1.165) is 11.3 Å². The van der Waals surface area contributed by atoms with Crippen molar-refractivity contribution in [2.24, 2.45) is 0 Å². The molecular weight excluding hydrogens is 218 g/mol. The Morgan fingerprint density at radius 2 is 1.76 bits per heavy atom. The number of nitrogens with one attached hydrogen (secondary N) is 1. The average molecular weight is 233 g/mol. The summed E-state index contributed by atoms with van der Waals surface area (Å²) in [6, 6.07) is 0. The Morgan fingerprint density at radius 3 is 2.24 bits per heavy atom. The first-order valence-corrected chi connectivity index (χ1v) is 5.31. The molecule has 2 heterocycles. The van der Waals surface area contributed by atoms with Gasteiger partial charge in [0.2, 0.25) is 5.95 Å². The Balaban J connectivity index is 2.69. The van der Waals surface area contributed by atoms with Crippen LogP contribution in [0.15, 0.2) is 4.79 Å². The quantitative estimate of drug-likeness (QED) is 0.761. The number of aromatic nitrogens is 4. The summed E-state index contributed by atoms with van der Waals surface area (Å²) in [4.78, 5) is 18.6. The predicted molar refractivity (Wildman–Crippen MR) is 65.3 cm³/mol. The summed E-state index contributed by atoms with van der Waals surface area (Å²) in [7, 11) is 0. The third-order valence-corrected chi connectivity index (χ3v) is 2.99. The Kier molecular flexibility index (Phi) is 2.49. The topological polar surface area (TPSA) is 89.6 Å². The molecule has 0 aliphatic heterocycles. The van der Waals surface area contributed by atoms with Crippen molar-refractivity contribution in [2.75, 3.05) is 5.73 Å². The summed E-state index contributed by atoms with van der Waals surface area (Å²) in [6.45, 7) is 7.26. The number of hydrogen-bond acceptors (Lipinski definition) is 4. The van der Waals surface area contributed by atoms with Gasteiger partial charge in [-0.3, -0.25) is 9.78 Å². The van der Waals surface area contributed by atoms with Gasteiger partial charge < -0.3 is 5.73 Å². The lowest BCUT2D eigenvalue weighted by molar-refractivity contribution is 0.787. The van der Waals surface area contributed by atoms with Gasteiger partial charge in [0.05, 0.1) is 5.69 Å². The highest BCUT2D eigenvalue weighted by atomic mass is 16.1.